The van der Waals surface area contributed by atoms with Gasteiger partial charge in [0, 0.05) is 11.8 Å². The number of rotatable bonds is 3. The fourth-order valence-corrected chi connectivity index (χ4v) is 5.60. The van der Waals surface area contributed by atoms with Gasteiger partial charge in [0.05, 0.1) is 0 Å². The summed E-state index contributed by atoms with van der Waals surface area (Å²) in [5.41, 5.74) is 12.6. The Balaban J connectivity index is 1.40. The van der Waals surface area contributed by atoms with Crippen LogP contribution < -0.4 is 0 Å². The van der Waals surface area contributed by atoms with E-state index in [1.165, 1.54) is 60.8 Å². The van der Waals surface area contributed by atoms with Crippen LogP contribution in [-0.4, -0.2) is 0 Å². The monoisotopic (exact) mass is 340 g/mol. The van der Waals surface area contributed by atoms with Crippen molar-refractivity contribution < 1.29 is 0 Å². The Morgan fingerprint density at radius 1 is 1.00 bits per heavy atom. The van der Waals surface area contributed by atoms with Crippen molar-refractivity contribution in [1.82, 2.24) is 0 Å². The Bertz CT molecular complexity index is 913. The number of hydrogen-bond donors (Lipinski definition) is 0. The predicted octanol–water partition coefficient (Wildman–Crippen LogP) is 7.28. The molecule has 0 heterocycles. The van der Waals surface area contributed by atoms with Crippen LogP contribution in [0, 0.1) is 5.92 Å². The number of benzene rings is 1. The van der Waals surface area contributed by atoms with E-state index in [1.807, 2.05) is 0 Å². The molecule has 26 heavy (non-hydrogen) atoms. The van der Waals surface area contributed by atoms with Crippen LogP contribution in [0.2, 0.25) is 0 Å². The molecule has 1 aromatic carbocycles. The molecule has 0 saturated carbocycles. The third-order valence-electron chi connectivity index (χ3n) is 6.96. The molecule has 0 bridgehead atoms. The smallest absolute Gasteiger partial charge is 0.0242 e. The van der Waals surface area contributed by atoms with Gasteiger partial charge in [-0.2, -0.15) is 0 Å². The highest BCUT2D eigenvalue weighted by Gasteiger charge is 2.31. The third-order valence-corrected chi connectivity index (χ3v) is 6.96. The Morgan fingerprint density at radius 2 is 1.85 bits per heavy atom. The van der Waals surface area contributed by atoms with Gasteiger partial charge >= 0.3 is 0 Å². The zero-order valence-electron chi connectivity index (χ0n) is 16.0. The topological polar surface area (TPSA) is 0 Å². The van der Waals surface area contributed by atoms with Crippen molar-refractivity contribution in [3.05, 3.63) is 87.1 Å². The maximum Gasteiger partial charge on any atom is 0.0242 e. The molecule has 132 valence electrons. The highest BCUT2D eigenvalue weighted by Crippen LogP contribution is 2.47. The molecular formula is C26H28. The highest BCUT2D eigenvalue weighted by atomic mass is 14.4. The van der Waals surface area contributed by atoms with Crippen LogP contribution in [-0.2, 0) is 0 Å². The molecule has 0 aromatic heterocycles. The molecule has 0 saturated heterocycles. The van der Waals surface area contributed by atoms with E-state index in [0.29, 0.717) is 11.8 Å². The van der Waals surface area contributed by atoms with E-state index in [0.717, 1.165) is 0 Å². The van der Waals surface area contributed by atoms with Crippen LogP contribution in [0.5, 0.6) is 0 Å². The van der Waals surface area contributed by atoms with E-state index in [4.69, 9.17) is 0 Å². The lowest BCUT2D eigenvalue weighted by atomic mass is 9.77. The van der Waals surface area contributed by atoms with Crippen molar-refractivity contribution in [3.63, 3.8) is 0 Å². The zero-order valence-corrected chi connectivity index (χ0v) is 16.0. The summed E-state index contributed by atoms with van der Waals surface area (Å²) in [5, 5.41) is 0. The van der Waals surface area contributed by atoms with E-state index >= 15 is 0 Å². The molecular weight excluding hydrogens is 312 g/mol. The first-order valence-electron chi connectivity index (χ1n) is 10.3. The summed E-state index contributed by atoms with van der Waals surface area (Å²) in [6.07, 6.45) is 17.6. The van der Waals surface area contributed by atoms with Crippen LogP contribution in [0.4, 0.5) is 0 Å². The number of fused-ring (bicyclic) bond motifs is 3. The summed E-state index contributed by atoms with van der Waals surface area (Å²) in [5.74, 6) is 1.20. The molecule has 0 N–H and O–H groups in total. The summed E-state index contributed by atoms with van der Waals surface area (Å²) in [6.45, 7) is 4.64. The molecule has 0 heteroatoms. The molecule has 2 atom stereocenters. The molecule has 5 rings (SSSR count). The zero-order chi connectivity index (χ0) is 17.7. The first-order chi connectivity index (χ1) is 12.7. The van der Waals surface area contributed by atoms with Crippen molar-refractivity contribution in [2.75, 3.05) is 0 Å². The SMILES string of the molecule is CC1=CC2C(=C1CCC1C(C)=Cc3ccccc31)C=CC1=C2CCCC1. The lowest BCUT2D eigenvalue weighted by molar-refractivity contribution is 0.636. The van der Waals surface area contributed by atoms with Crippen LogP contribution in [0.25, 0.3) is 6.08 Å². The average molecular weight is 341 g/mol. The van der Waals surface area contributed by atoms with Gasteiger partial charge in [0.25, 0.3) is 0 Å². The Hall–Kier alpha value is -2.08. The molecule has 2 unspecified atom stereocenters. The summed E-state index contributed by atoms with van der Waals surface area (Å²) in [4.78, 5) is 0. The van der Waals surface area contributed by atoms with Gasteiger partial charge in [-0.1, -0.05) is 65.3 Å². The van der Waals surface area contributed by atoms with Gasteiger partial charge in [-0.3, -0.25) is 0 Å². The molecule has 0 aliphatic heterocycles. The van der Waals surface area contributed by atoms with Gasteiger partial charge in [0.2, 0.25) is 0 Å². The van der Waals surface area contributed by atoms with Crippen LogP contribution in [0.15, 0.2) is 75.9 Å². The molecule has 0 radical (unpaired) electrons. The number of hydrogen-bond acceptors (Lipinski definition) is 0. The highest BCUT2D eigenvalue weighted by molar-refractivity contribution is 5.66. The molecule has 0 nitrogen and oxygen atoms in total. The predicted molar refractivity (Wildman–Crippen MR) is 111 cm³/mol. The number of allylic oxidation sites excluding steroid dienone is 9. The Morgan fingerprint density at radius 3 is 2.77 bits per heavy atom. The molecule has 4 aliphatic carbocycles. The summed E-state index contributed by atoms with van der Waals surface area (Å²) < 4.78 is 0. The largest absolute Gasteiger partial charge is 0.0697 e. The molecule has 1 aromatic rings. The van der Waals surface area contributed by atoms with Crippen molar-refractivity contribution in [2.24, 2.45) is 5.92 Å². The van der Waals surface area contributed by atoms with Crippen molar-refractivity contribution in [2.45, 2.75) is 58.3 Å². The van der Waals surface area contributed by atoms with Gasteiger partial charge in [-0.05, 0) is 80.2 Å². The molecule has 0 amide bonds. The maximum atomic E-state index is 2.56. The van der Waals surface area contributed by atoms with E-state index < -0.39 is 0 Å². The fraction of sp³-hybridized carbons (Fsp3) is 0.385. The lowest BCUT2D eigenvalue weighted by Gasteiger charge is -2.28. The molecule has 4 aliphatic rings. The fourth-order valence-electron chi connectivity index (χ4n) is 5.60. The molecule has 0 fully saturated rings. The molecule has 0 spiro atoms. The van der Waals surface area contributed by atoms with Crippen LogP contribution in [0.3, 0.4) is 0 Å². The second kappa shape index (κ2) is 6.27. The lowest BCUT2D eigenvalue weighted by Crippen LogP contribution is -2.12. The van der Waals surface area contributed by atoms with Crippen LogP contribution in [0.1, 0.15) is 69.4 Å². The van der Waals surface area contributed by atoms with Crippen molar-refractivity contribution in [3.8, 4) is 0 Å². The second-order valence-corrected chi connectivity index (χ2v) is 8.46. The van der Waals surface area contributed by atoms with E-state index in [2.05, 4.69) is 62.4 Å². The third kappa shape index (κ3) is 2.50. The Kier molecular flexibility index (Phi) is 3.89. The van der Waals surface area contributed by atoms with Crippen molar-refractivity contribution >= 4 is 6.08 Å². The first kappa shape index (κ1) is 16.1. The van der Waals surface area contributed by atoms with Gasteiger partial charge in [0.15, 0.2) is 0 Å². The Labute approximate surface area is 157 Å². The van der Waals surface area contributed by atoms with Crippen LogP contribution >= 0.6 is 0 Å². The average Bonchev–Trinajstić information content (AvgIpc) is 3.15. The minimum Gasteiger partial charge on any atom is -0.0697 e. The normalized spacial score (nSPS) is 26.5. The van der Waals surface area contributed by atoms with E-state index in [1.54, 1.807) is 22.3 Å². The first-order valence-corrected chi connectivity index (χ1v) is 10.3. The summed E-state index contributed by atoms with van der Waals surface area (Å²) in [7, 11) is 0. The second-order valence-electron chi connectivity index (χ2n) is 8.46. The van der Waals surface area contributed by atoms with Gasteiger partial charge < -0.3 is 0 Å². The summed E-state index contributed by atoms with van der Waals surface area (Å²) >= 11 is 0. The summed E-state index contributed by atoms with van der Waals surface area (Å²) in [6, 6.07) is 8.94. The van der Waals surface area contributed by atoms with Gasteiger partial charge in [-0.25, -0.2) is 0 Å². The van der Waals surface area contributed by atoms with Crippen molar-refractivity contribution in [1.29, 1.82) is 0 Å². The quantitative estimate of drug-likeness (QED) is 0.542. The minimum absolute atomic E-state index is 0.595. The maximum absolute atomic E-state index is 2.56. The minimum atomic E-state index is 0.595. The van der Waals surface area contributed by atoms with E-state index in [-0.39, 0.29) is 0 Å². The standard InChI is InChI=1S/C26H28/c1-17-15-20-8-4-6-10-24(20)21(17)13-14-22-18(2)16-26-23-9-5-3-7-19(23)11-12-25(22)26/h4,6,8,10-12,15-16,21,26H,3,5,7,9,13-14H2,1-2H3. The van der Waals surface area contributed by atoms with E-state index in [9.17, 15) is 0 Å². The van der Waals surface area contributed by atoms with Gasteiger partial charge in [-0.15, -0.1) is 0 Å². The van der Waals surface area contributed by atoms with Gasteiger partial charge in [0.1, 0.15) is 0 Å².